The Hall–Kier alpha value is -7.56. The molecule has 0 spiro atoms. The molecular formula is C54H35NO3. The van der Waals surface area contributed by atoms with Crippen LogP contribution in [0.2, 0.25) is 0 Å². The second-order valence-corrected chi connectivity index (χ2v) is 15.1. The summed E-state index contributed by atoms with van der Waals surface area (Å²) in [5.41, 5.74) is 14.1. The Labute approximate surface area is 334 Å². The maximum Gasteiger partial charge on any atom is 0.159 e. The highest BCUT2D eigenvalue weighted by Gasteiger charge is 2.26. The van der Waals surface area contributed by atoms with Gasteiger partial charge in [0.05, 0.1) is 11.7 Å². The van der Waals surface area contributed by atoms with Crippen molar-refractivity contribution in [3.63, 3.8) is 0 Å². The number of furan rings is 3. The lowest BCUT2D eigenvalue weighted by molar-refractivity contribution is 0.663. The summed E-state index contributed by atoms with van der Waals surface area (Å²) in [6.07, 6.45) is 7.73. The van der Waals surface area contributed by atoms with Crippen molar-refractivity contribution in [2.45, 2.75) is 12.5 Å². The summed E-state index contributed by atoms with van der Waals surface area (Å²) in [6.45, 7) is 0. The van der Waals surface area contributed by atoms with Gasteiger partial charge in [0.25, 0.3) is 0 Å². The summed E-state index contributed by atoms with van der Waals surface area (Å²) in [4.78, 5) is 2.43. The number of hydrogen-bond acceptors (Lipinski definition) is 4. The smallest absolute Gasteiger partial charge is 0.159 e. The van der Waals surface area contributed by atoms with E-state index in [2.05, 4.69) is 181 Å². The number of hydrogen-bond donors (Lipinski definition) is 0. The van der Waals surface area contributed by atoms with Crippen LogP contribution in [0.5, 0.6) is 0 Å². The van der Waals surface area contributed by atoms with Gasteiger partial charge >= 0.3 is 0 Å². The van der Waals surface area contributed by atoms with Crippen molar-refractivity contribution in [3.8, 4) is 22.3 Å². The third-order valence-corrected chi connectivity index (χ3v) is 11.8. The zero-order valence-electron chi connectivity index (χ0n) is 31.4. The van der Waals surface area contributed by atoms with Crippen LogP contribution in [0.15, 0.2) is 207 Å². The predicted octanol–water partition coefficient (Wildman–Crippen LogP) is 15.3. The highest BCUT2D eigenvalue weighted by atomic mass is 16.3. The summed E-state index contributed by atoms with van der Waals surface area (Å²) in [6, 6.07) is 61.7. The van der Waals surface area contributed by atoms with Crippen molar-refractivity contribution in [3.05, 3.63) is 200 Å². The third kappa shape index (κ3) is 5.08. The fourth-order valence-corrected chi connectivity index (χ4v) is 9.12. The fraction of sp³-hybridized carbons (Fsp3) is 0.0370. The second-order valence-electron chi connectivity index (χ2n) is 15.1. The average molecular weight is 746 g/mol. The van der Waals surface area contributed by atoms with Gasteiger partial charge in [-0.15, -0.1) is 0 Å². The van der Waals surface area contributed by atoms with Crippen LogP contribution in [0.1, 0.15) is 12.0 Å². The highest BCUT2D eigenvalue weighted by molar-refractivity contribution is 6.24. The molecule has 0 saturated carbocycles. The van der Waals surface area contributed by atoms with Gasteiger partial charge in [-0.05, 0) is 65.1 Å². The molecule has 1 aliphatic carbocycles. The van der Waals surface area contributed by atoms with Crippen LogP contribution >= 0.6 is 0 Å². The minimum atomic E-state index is 0.0323. The molecule has 274 valence electrons. The van der Waals surface area contributed by atoms with Crippen LogP contribution in [0.3, 0.4) is 0 Å². The zero-order valence-corrected chi connectivity index (χ0v) is 31.4. The molecule has 4 heteroatoms. The monoisotopic (exact) mass is 745 g/mol. The van der Waals surface area contributed by atoms with Crippen molar-refractivity contribution < 1.29 is 13.3 Å². The summed E-state index contributed by atoms with van der Waals surface area (Å²) in [7, 11) is 0. The molecular weight excluding hydrogens is 711 g/mol. The Morgan fingerprint density at radius 3 is 1.84 bits per heavy atom. The third-order valence-electron chi connectivity index (χ3n) is 11.8. The molecule has 0 radical (unpaired) electrons. The fourth-order valence-electron chi connectivity index (χ4n) is 9.12. The first-order chi connectivity index (χ1) is 28.8. The minimum Gasteiger partial charge on any atom is -0.456 e. The van der Waals surface area contributed by atoms with Crippen molar-refractivity contribution >= 4 is 82.8 Å². The summed E-state index contributed by atoms with van der Waals surface area (Å²) < 4.78 is 20.2. The summed E-state index contributed by atoms with van der Waals surface area (Å²) >= 11 is 0. The number of rotatable bonds is 6. The Morgan fingerprint density at radius 2 is 1.09 bits per heavy atom. The van der Waals surface area contributed by atoms with Gasteiger partial charge < -0.3 is 18.2 Å². The van der Waals surface area contributed by atoms with Crippen LogP contribution in [0.4, 0.5) is 11.4 Å². The molecule has 1 unspecified atom stereocenters. The molecule has 0 aliphatic heterocycles. The first-order valence-corrected chi connectivity index (χ1v) is 19.9. The summed E-state index contributed by atoms with van der Waals surface area (Å²) in [5.74, 6) is 0. The highest BCUT2D eigenvalue weighted by Crippen LogP contribution is 2.47. The average Bonchev–Trinajstić information content (AvgIpc) is 3.98. The molecule has 4 nitrogen and oxygen atoms in total. The maximum atomic E-state index is 7.05. The van der Waals surface area contributed by atoms with E-state index in [0.29, 0.717) is 0 Å². The van der Waals surface area contributed by atoms with E-state index in [-0.39, 0.29) is 6.04 Å². The van der Waals surface area contributed by atoms with Gasteiger partial charge in [-0.3, -0.25) is 0 Å². The van der Waals surface area contributed by atoms with Crippen molar-refractivity contribution in [1.29, 1.82) is 0 Å². The van der Waals surface area contributed by atoms with Gasteiger partial charge in [-0.25, -0.2) is 0 Å². The van der Waals surface area contributed by atoms with E-state index in [9.17, 15) is 0 Å². The van der Waals surface area contributed by atoms with Gasteiger partial charge in [0.15, 0.2) is 5.58 Å². The van der Waals surface area contributed by atoms with E-state index in [0.717, 1.165) is 106 Å². The molecule has 11 aromatic rings. The Balaban J connectivity index is 0.980. The topological polar surface area (TPSA) is 42.7 Å². The Kier molecular flexibility index (Phi) is 7.32. The number of para-hydroxylation sites is 4. The molecule has 1 atom stereocenters. The zero-order chi connectivity index (χ0) is 38.2. The summed E-state index contributed by atoms with van der Waals surface area (Å²) in [5, 5.41) is 6.51. The minimum absolute atomic E-state index is 0.0323. The number of fused-ring (bicyclic) bond motifs is 9. The first-order valence-electron chi connectivity index (χ1n) is 19.9. The molecule has 12 rings (SSSR count). The number of benzene rings is 8. The van der Waals surface area contributed by atoms with Gasteiger partial charge in [0, 0.05) is 49.1 Å². The molecule has 3 heterocycles. The van der Waals surface area contributed by atoms with Gasteiger partial charge in [0.1, 0.15) is 27.9 Å². The van der Waals surface area contributed by atoms with E-state index >= 15 is 0 Å². The molecule has 0 saturated heterocycles. The van der Waals surface area contributed by atoms with Gasteiger partial charge in [0.2, 0.25) is 0 Å². The quantitative estimate of drug-likeness (QED) is 0.170. The van der Waals surface area contributed by atoms with Crippen LogP contribution in [0.25, 0.3) is 93.6 Å². The molecule has 8 aromatic carbocycles. The lowest BCUT2D eigenvalue weighted by atomic mass is 9.93. The van der Waals surface area contributed by atoms with E-state index in [1.165, 1.54) is 11.1 Å². The van der Waals surface area contributed by atoms with Crippen LogP contribution in [0, 0.1) is 0 Å². The first kappa shape index (κ1) is 32.7. The molecule has 0 bridgehead atoms. The molecule has 1 aliphatic rings. The Morgan fingerprint density at radius 1 is 0.448 bits per heavy atom. The van der Waals surface area contributed by atoms with Crippen molar-refractivity contribution in [1.82, 2.24) is 0 Å². The molecule has 0 fully saturated rings. The molecule has 58 heavy (non-hydrogen) atoms. The normalized spacial score (nSPS) is 14.3. The largest absolute Gasteiger partial charge is 0.456 e. The standard InChI is InChI=1S/C54H35NO3/c1-3-13-34(14-4-1)35-25-29-38(30-26-35)55(46-22-12-21-42-41-17-7-9-23-47(41)57-53(42)46)39-31-27-36(28-32-39)40-19-11-20-43-45-33-49-51(44-18-8-10-24-48(44)56-49)50(54(45)58-52(40)43)37-15-5-2-6-16-37/h1-31,33,39H,32H2. The molecule has 0 amide bonds. The van der Waals surface area contributed by atoms with E-state index in [1.54, 1.807) is 0 Å². The SMILES string of the molecule is C1=CC(N(c2ccc(-c3ccccc3)cc2)c2cccc3c2oc2ccccc23)CC=C1c1cccc2c1oc1c(-c3ccccc3)c3c(cc12)oc1ccccc13. The van der Waals surface area contributed by atoms with E-state index in [1.807, 2.05) is 18.2 Å². The van der Waals surface area contributed by atoms with E-state index < -0.39 is 0 Å². The molecule has 3 aromatic heterocycles. The number of allylic oxidation sites excluding steroid dienone is 2. The number of nitrogens with zero attached hydrogens (tertiary/aromatic N) is 1. The maximum absolute atomic E-state index is 7.05. The predicted molar refractivity (Wildman–Crippen MR) is 240 cm³/mol. The van der Waals surface area contributed by atoms with Crippen LogP contribution in [-0.2, 0) is 0 Å². The lowest BCUT2D eigenvalue weighted by Crippen LogP contribution is -2.30. The number of anilines is 2. The van der Waals surface area contributed by atoms with Crippen LogP contribution in [-0.4, -0.2) is 6.04 Å². The van der Waals surface area contributed by atoms with Gasteiger partial charge in [-0.2, -0.15) is 0 Å². The van der Waals surface area contributed by atoms with Crippen molar-refractivity contribution in [2.75, 3.05) is 4.90 Å². The van der Waals surface area contributed by atoms with Crippen LogP contribution < -0.4 is 4.90 Å². The van der Waals surface area contributed by atoms with Crippen molar-refractivity contribution in [2.24, 2.45) is 0 Å². The Bertz CT molecular complexity index is 3420. The second kappa shape index (κ2) is 13.0. The lowest BCUT2D eigenvalue weighted by Gasteiger charge is -2.33. The van der Waals surface area contributed by atoms with Gasteiger partial charge in [-0.1, -0.05) is 158 Å². The molecule has 0 N–H and O–H groups in total. The van der Waals surface area contributed by atoms with E-state index in [4.69, 9.17) is 13.3 Å².